The number of nitrogens with zero attached hydrogens (tertiary/aromatic N) is 4. The van der Waals surface area contributed by atoms with Gasteiger partial charge in [-0.25, -0.2) is 0 Å². The minimum absolute atomic E-state index is 0. The maximum atomic E-state index is 12.3. The van der Waals surface area contributed by atoms with E-state index in [2.05, 4.69) is 0 Å². The van der Waals surface area contributed by atoms with Crippen molar-refractivity contribution in [2.24, 2.45) is 0 Å². The number of para-hydroxylation sites is 4. The predicted octanol–water partition coefficient (Wildman–Crippen LogP) is 2.19. The second-order valence-corrected chi connectivity index (χ2v) is 8.08. The fourth-order valence-electron chi connectivity index (χ4n) is 4.33. The zero-order valence-corrected chi connectivity index (χ0v) is 21.2. The van der Waals surface area contributed by atoms with Crippen LogP contribution in [0, 0.1) is 20.8 Å². The Hall–Kier alpha value is -5.00. The van der Waals surface area contributed by atoms with Crippen molar-refractivity contribution in [2.75, 3.05) is 14.2 Å². The summed E-state index contributed by atoms with van der Waals surface area (Å²) in [4.78, 5) is 23.5. The van der Waals surface area contributed by atoms with Gasteiger partial charge in [-0.05, 0) is 36.4 Å². The molecule has 13 heteroatoms. The molecule has 2 aromatic carbocycles. The van der Waals surface area contributed by atoms with Crippen LogP contribution in [0.25, 0.3) is 44.8 Å². The Morgan fingerprint density at radius 1 is 0.615 bits per heavy atom. The molecule has 39 heavy (non-hydrogen) atoms. The monoisotopic (exact) mass is 577 g/mol. The van der Waals surface area contributed by atoms with Crippen LogP contribution in [-0.2, 0) is 17.1 Å². The molecular formula is C26H18CuN4O8. The molecule has 0 atom stereocenters. The van der Waals surface area contributed by atoms with Gasteiger partial charge in [-0.1, -0.05) is 24.3 Å². The molecule has 0 fully saturated rings. The molecule has 2 aliphatic carbocycles. The Morgan fingerprint density at radius 3 is 1.33 bits per heavy atom. The van der Waals surface area contributed by atoms with Crippen molar-refractivity contribution >= 4 is 22.1 Å². The van der Waals surface area contributed by atoms with Gasteiger partial charge < -0.3 is 39.8 Å². The SMILES string of the molecule is COc1cccc2c1n([O-])c1cccc(=O)c-1[n+]2[O-].COc1cccc2c1n([O-])c1cccc(=O)c-1[n+]2[O-].[Cu+2]. The summed E-state index contributed by atoms with van der Waals surface area (Å²) in [5.74, 6) is 0.575. The van der Waals surface area contributed by atoms with E-state index in [4.69, 9.17) is 9.47 Å². The molecule has 0 saturated heterocycles. The molecule has 0 unspecified atom stereocenters. The Kier molecular flexibility index (Phi) is 7.21. The normalized spacial score (nSPS) is 10.7. The maximum Gasteiger partial charge on any atom is 2.00 e. The smallest absolute Gasteiger partial charge is 0.805 e. The van der Waals surface area contributed by atoms with E-state index in [-0.39, 0.29) is 73.4 Å². The van der Waals surface area contributed by atoms with E-state index >= 15 is 0 Å². The van der Waals surface area contributed by atoms with E-state index < -0.39 is 10.9 Å². The van der Waals surface area contributed by atoms with Gasteiger partial charge in [0.1, 0.15) is 22.9 Å². The van der Waals surface area contributed by atoms with Crippen LogP contribution in [0.2, 0.25) is 0 Å². The van der Waals surface area contributed by atoms with Crippen molar-refractivity contribution < 1.29 is 36.0 Å². The quantitative estimate of drug-likeness (QED) is 0.131. The summed E-state index contributed by atoms with van der Waals surface area (Å²) in [7, 11) is 2.83. The Labute approximate surface area is 230 Å². The summed E-state index contributed by atoms with van der Waals surface area (Å²) in [5, 5.41) is 49.1. The number of aromatic nitrogens is 4. The molecule has 201 valence electrons. The third kappa shape index (κ3) is 4.19. The Morgan fingerprint density at radius 2 is 0.974 bits per heavy atom. The van der Waals surface area contributed by atoms with Crippen LogP contribution in [0.4, 0.5) is 0 Å². The first-order chi connectivity index (χ1) is 18.3. The second kappa shape index (κ2) is 10.4. The van der Waals surface area contributed by atoms with Crippen molar-refractivity contribution in [1.29, 1.82) is 0 Å². The predicted molar refractivity (Wildman–Crippen MR) is 138 cm³/mol. The van der Waals surface area contributed by atoms with Gasteiger partial charge in [0.25, 0.3) is 22.2 Å². The zero-order chi connectivity index (χ0) is 27.1. The summed E-state index contributed by atoms with van der Waals surface area (Å²) in [6.45, 7) is 0. The average Bonchev–Trinajstić information content (AvgIpc) is 2.93. The number of rotatable bonds is 2. The first kappa shape index (κ1) is 27.0. The third-order valence-electron chi connectivity index (χ3n) is 6.04. The molecule has 0 aromatic heterocycles. The average molecular weight is 578 g/mol. The molecule has 12 nitrogen and oxygen atoms in total. The van der Waals surface area contributed by atoms with E-state index in [1.165, 1.54) is 62.8 Å². The standard InChI is InChI=1S/2C13H9N2O4.Cu/c2*1-19-11-7-3-5-9-13(11)15(18)8-4-2-6-10(16)12(8)14(9)17;/h2*2-7H,1H3;/q2*-1;+2. The van der Waals surface area contributed by atoms with E-state index in [0.717, 1.165) is 0 Å². The van der Waals surface area contributed by atoms with Crippen LogP contribution in [0.1, 0.15) is 0 Å². The molecule has 6 rings (SSSR count). The maximum absolute atomic E-state index is 12.3. The van der Waals surface area contributed by atoms with Crippen molar-refractivity contribution in [3.05, 3.63) is 114 Å². The van der Waals surface area contributed by atoms with E-state index in [1.54, 1.807) is 24.3 Å². The van der Waals surface area contributed by atoms with Crippen molar-refractivity contribution in [2.45, 2.75) is 0 Å². The molecule has 0 spiro atoms. The Bertz CT molecular complexity index is 1760. The van der Waals surface area contributed by atoms with Gasteiger partial charge in [-0.3, -0.25) is 9.59 Å². The van der Waals surface area contributed by atoms with E-state index in [1.807, 2.05) is 0 Å². The molecular weight excluding hydrogens is 560 g/mol. The summed E-state index contributed by atoms with van der Waals surface area (Å²) in [5.41, 5.74) is -0.828. The number of hydrogen-bond donors (Lipinski definition) is 0. The molecule has 0 saturated carbocycles. The Balaban J connectivity index is 0.000000176. The van der Waals surface area contributed by atoms with Crippen molar-refractivity contribution in [3.63, 3.8) is 0 Å². The topological polar surface area (TPSA) is 162 Å². The van der Waals surface area contributed by atoms with Gasteiger partial charge in [0.2, 0.25) is 11.0 Å². The molecule has 0 N–H and O–H groups in total. The van der Waals surface area contributed by atoms with Crippen LogP contribution >= 0.6 is 0 Å². The summed E-state index contributed by atoms with van der Waals surface area (Å²) in [6, 6.07) is 17.6. The van der Waals surface area contributed by atoms with Gasteiger partial charge in [0, 0.05) is 12.1 Å². The van der Waals surface area contributed by atoms with Gasteiger partial charge >= 0.3 is 17.1 Å². The second-order valence-electron chi connectivity index (χ2n) is 8.08. The van der Waals surface area contributed by atoms with Crippen LogP contribution in [0.5, 0.6) is 11.5 Å². The molecule has 2 heterocycles. The molecule has 4 aliphatic rings. The van der Waals surface area contributed by atoms with Gasteiger partial charge in [-0.15, -0.1) is 0 Å². The van der Waals surface area contributed by atoms with Crippen molar-refractivity contribution in [1.82, 2.24) is 9.46 Å². The molecule has 1 radical (unpaired) electrons. The summed E-state index contributed by atoms with van der Waals surface area (Å²) >= 11 is 0. The summed E-state index contributed by atoms with van der Waals surface area (Å²) in [6.07, 6.45) is 0. The fourth-order valence-corrected chi connectivity index (χ4v) is 4.33. The molecule has 2 aromatic rings. The van der Waals surface area contributed by atoms with Crippen LogP contribution in [-0.4, -0.2) is 23.7 Å². The molecule has 0 amide bonds. The zero-order valence-electron chi connectivity index (χ0n) is 20.3. The summed E-state index contributed by atoms with van der Waals surface area (Å²) < 4.78 is 12.2. The largest absolute Gasteiger partial charge is 2.00 e. The van der Waals surface area contributed by atoms with E-state index in [9.17, 15) is 30.4 Å². The first-order valence-corrected chi connectivity index (χ1v) is 11.1. The number of fused-ring (bicyclic) bond motifs is 4. The van der Waals surface area contributed by atoms with Gasteiger partial charge in [0.05, 0.1) is 14.2 Å². The number of hydrogen-bond acceptors (Lipinski definition) is 8. The number of benzene rings is 4. The first-order valence-electron chi connectivity index (χ1n) is 11.1. The molecule has 0 bridgehead atoms. The van der Waals surface area contributed by atoms with Crippen LogP contribution in [0.3, 0.4) is 0 Å². The minimum atomic E-state index is -0.484. The number of methoxy groups -OCH3 is 2. The fraction of sp³-hybridized carbons (Fsp3) is 0.0769. The van der Waals surface area contributed by atoms with Crippen molar-refractivity contribution in [3.8, 4) is 34.3 Å². The van der Waals surface area contributed by atoms with Crippen LogP contribution in [0.15, 0.2) is 82.4 Å². The van der Waals surface area contributed by atoms with Gasteiger partial charge in [-0.2, -0.15) is 9.46 Å². The molecule has 2 aliphatic heterocycles. The third-order valence-corrected chi connectivity index (χ3v) is 6.04. The minimum Gasteiger partial charge on any atom is -0.805 e. The van der Waals surface area contributed by atoms with Crippen LogP contribution < -0.4 is 29.8 Å². The van der Waals surface area contributed by atoms with E-state index in [0.29, 0.717) is 18.9 Å². The number of ether oxygens (including phenoxy) is 2. The van der Waals surface area contributed by atoms with Gasteiger partial charge in [0.15, 0.2) is 11.0 Å².